The van der Waals surface area contributed by atoms with Crippen molar-refractivity contribution in [1.29, 1.82) is 0 Å². The fraction of sp³-hybridized carbons (Fsp3) is 0.176. The largest absolute Gasteiger partial charge is 0.480 e. The Kier molecular flexibility index (Phi) is 6.69. The van der Waals surface area contributed by atoms with E-state index in [2.05, 4.69) is 15.9 Å². The van der Waals surface area contributed by atoms with Crippen LogP contribution in [-0.4, -0.2) is 22.1 Å². The molecule has 6 heteroatoms. The van der Waals surface area contributed by atoms with Gasteiger partial charge in [-0.3, -0.25) is 9.59 Å². The molecule has 0 bridgehead atoms. The van der Waals surface area contributed by atoms with Crippen LogP contribution in [0.2, 0.25) is 5.02 Å². The SMILES string of the molecule is O=C(CC(SCc1ccc(Cl)cc1)C(=O)O)c1ccc(Br)cc1. The van der Waals surface area contributed by atoms with Gasteiger partial charge in [-0.2, -0.15) is 0 Å². The number of benzene rings is 2. The minimum absolute atomic E-state index is 0.0325. The highest BCUT2D eigenvalue weighted by molar-refractivity contribution is 9.10. The predicted octanol–water partition coefficient (Wildman–Crippen LogP) is 5.06. The van der Waals surface area contributed by atoms with Crippen LogP contribution < -0.4 is 0 Å². The van der Waals surface area contributed by atoms with Crippen molar-refractivity contribution in [2.45, 2.75) is 17.4 Å². The number of carboxylic acid groups (broad SMARTS) is 1. The Morgan fingerprint density at radius 2 is 1.70 bits per heavy atom. The minimum Gasteiger partial charge on any atom is -0.480 e. The van der Waals surface area contributed by atoms with E-state index in [1.165, 1.54) is 11.8 Å². The first-order chi connectivity index (χ1) is 11.0. The molecular weight excluding hydrogens is 400 g/mol. The summed E-state index contributed by atoms with van der Waals surface area (Å²) < 4.78 is 0.876. The Balaban J connectivity index is 1.98. The van der Waals surface area contributed by atoms with Gasteiger partial charge in [0, 0.05) is 27.2 Å². The first-order valence-electron chi connectivity index (χ1n) is 6.83. The van der Waals surface area contributed by atoms with Crippen LogP contribution in [0.25, 0.3) is 0 Å². The summed E-state index contributed by atoms with van der Waals surface area (Å²) in [5.41, 5.74) is 1.49. The van der Waals surface area contributed by atoms with Crippen LogP contribution in [0.4, 0.5) is 0 Å². The lowest BCUT2D eigenvalue weighted by atomic mass is 10.1. The van der Waals surface area contributed by atoms with Crippen molar-refractivity contribution < 1.29 is 14.7 Å². The van der Waals surface area contributed by atoms with Crippen molar-refractivity contribution >= 4 is 51.0 Å². The van der Waals surface area contributed by atoms with Crippen molar-refractivity contribution in [3.05, 3.63) is 69.2 Å². The quantitative estimate of drug-likeness (QED) is 0.644. The summed E-state index contributed by atoms with van der Waals surface area (Å²) in [6.45, 7) is 0. The maximum Gasteiger partial charge on any atom is 0.317 e. The number of aliphatic carboxylic acids is 1. The highest BCUT2D eigenvalue weighted by Gasteiger charge is 2.22. The van der Waals surface area contributed by atoms with E-state index in [0.29, 0.717) is 16.3 Å². The Morgan fingerprint density at radius 1 is 1.09 bits per heavy atom. The standard InChI is InChI=1S/C17H14BrClO3S/c18-13-5-3-12(4-6-13)15(20)9-16(17(21)22)23-10-11-1-7-14(19)8-2-11/h1-8,16H,9-10H2,(H,21,22). The molecule has 23 heavy (non-hydrogen) atoms. The van der Waals surface area contributed by atoms with Crippen LogP contribution in [0.5, 0.6) is 0 Å². The molecule has 0 radical (unpaired) electrons. The Hall–Kier alpha value is -1.30. The summed E-state index contributed by atoms with van der Waals surface area (Å²) in [6, 6.07) is 14.1. The highest BCUT2D eigenvalue weighted by atomic mass is 79.9. The van der Waals surface area contributed by atoms with Gasteiger partial charge in [0.25, 0.3) is 0 Å². The van der Waals surface area contributed by atoms with E-state index in [9.17, 15) is 14.7 Å². The lowest BCUT2D eigenvalue weighted by Crippen LogP contribution is -2.21. The number of Topliss-reactive ketones (excluding diaryl/α,β-unsaturated/α-hetero) is 1. The highest BCUT2D eigenvalue weighted by Crippen LogP contribution is 2.23. The topological polar surface area (TPSA) is 54.4 Å². The van der Waals surface area contributed by atoms with Gasteiger partial charge in [0.05, 0.1) is 0 Å². The molecule has 0 aromatic heterocycles. The third-order valence-corrected chi connectivity index (χ3v) is 5.23. The third kappa shape index (κ3) is 5.68. The lowest BCUT2D eigenvalue weighted by Gasteiger charge is -2.11. The van der Waals surface area contributed by atoms with E-state index in [0.717, 1.165) is 10.0 Å². The van der Waals surface area contributed by atoms with Gasteiger partial charge in [0.15, 0.2) is 5.78 Å². The number of ketones is 1. The second kappa shape index (κ2) is 8.52. The molecule has 0 aliphatic rings. The molecule has 0 heterocycles. The fourth-order valence-corrected chi connectivity index (χ4v) is 3.31. The second-order valence-electron chi connectivity index (χ2n) is 4.90. The number of carboxylic acids is 1. The molecule has 0 amide bonds. The van der Waals surface area contributed by atoms with Crippen molar-refractivity contribution in [1.82, 2.24) is 0 Å². The van der Waals surface area contributed by atoms with Gasteiger partial charge >= 0.3 is 5.97 Å². The molecule has 0 spiro atoms. The minimum atomic E-state index is -0.977. The number of hydrogen-bond donors (Lipinski definition) is 1. The van der Waals surface area contributed by atoms with Crippen molar-refractivity contribution in [2.24, 2.45) is 0 Å². The van der Waals surface area contributed by atoms with Crippen LogP contribution in [0.15, 0.2) is 53.0 Å². The van der Waals surface area contributed by atoms with Crippen molar-refractivity contribution in [3.8, 4) is 0 Å². The van der Waals surface area contributed by atoms with Gasteiger partial charge in [0.1, 0.15) is 5.25 Å². The molecule has 0 aliphatic heterocycles. The van der Waals surface area contributed by atoms with Crippen LogP contribution >= 0.6 is 39.3 Å². The summed E-state index contributed by atoms with van der Waals surface area (Å²) in [6.07, 6.45) is -0.0325. The molecule has 0 saturated carbocycles. The van der Waals surface area contributed by atoms with Crippen LogP contribution in [0.1, 0.15) is 22.3 Å². The predicted molar refractivity (Wildman–Crippen MR) is 97.3 cm³/mol. The first-order valence-corrected chi connectivity index (χ1v) is 9.05. The summed E-state index contributed by atoms with van der Waals surface area (Å²) in [5, 5.41) is 9.20. The number of carbonyl (C=O) groups is 2. The van der Waals surface area contributed by atoms with Crippen molar-refractivity contribution in [2.75, 3.05) is 0 Å². The molecular formula is C17H14BrClO3S. The van der Waals surface area contributed by atoms with Gasteiger partial charge in [0.2, 0.25) is 0 Å². The molecule has 0 aliphatic carbocycles. The van der Waals surface area contributed by atoms with Gasteiger partial charge in [-0.1, -0.05) is 51.8 Å². The molecule has 0 saturated heterocycles. The van der Waals surface area contributed by atoms with E-state index in [4.69, 9.17) is 11.6 Å². The van der Waals surface area contributed by atoms with Gasteiger partial charge in [-0.25, -0.2) is 0 Å². The molecule has 1 unspecified atom stereocenters. The number of thioether (sulfide) groups is 1. The van der Waals surface area contributed by atoms with Crippen LogP contribution in [0, 0.1) is 0 Å². The molecule has 0 fully saturated rings. The number of rotatable bonds is 7. The van der Waals surface area contributed by atoms with Crippen LogP contribution in [-0.2, 0) is 10.5 Å². The summed E-state index contributed by atoms with van der Waals surface area (Å²) in [7, 11) is 0. The zero-order valence-electron chi connectivity index (χ0n) is 12.0. The molecule has 2 aromatic rings. The Morgan fingerprint density at radius 3 is 2.26 bits per heavy atom. The first kappa shape index (κ1) is 18.0. The zero-order chi connectivity index (χ0) is 16.8. The van der Waals surface area contributed by atoms with E-state index in [-0.39, 0.29) is 12.2 Å². The van der Waals surface area contributed by atoms with E-state index >= 15 is 0 Å². The van der Waals surface area contributed by atoms with Gasteiger partial charge in [-0.05, 0) is 29.8 Å². The maximum atomic E-state index is 12.2. The zero-order valence-corrected chi connectivity index (χ0v) is 15.2. The molecule has 1 N–H and O–H groups in total. The lowest BCUT2D eigenvalue weighted by molar-refractivity contribution is -0.136. The third-order valence-electron chi connectivity index (χ3n) is 3.18. The maximum absolute atomic E-state index is 12.2. The monoisotopic (exact) mass is 412 g/mol. The molecule has 120 valence electrons. The van der Waals surface area contributed by atoms with E-state index in [1.54, 1.807) is 36.4 Å². The molecule has 2 rings (SSSR count). The smallest absolute Gasteiger partial charge is 0.317 e. The number of halogens is 2. The van der Waals surface area contributed by atoms with E-state index < -0.39 is 11.2 Å². The van der Waals surface area contributed by atoms with Gasteiger partial charge < -0.3 is 5.11 Å². The summed E-state index contributed by atoms with van der Waals surface area (Å²) >= 11 is 10.4. The summed E-state index contributed by atoms with van der Waals surface area (Å²) in [4.78, 5) is 23.6. The Bertz CT molecular complexity index is 686. The fourth-order valence-electron chi connectivity index (χ4n) is 1.92. The number of carbonyl (C=O) groups excluding carboxylic acids is 1. The molecule has 3 nitrogen and oxygen atoms in total. The van der Waals surface area contributed by atoms with Crippen LogP contribution in [0.3, 0.4) is 0 Å². The second-order valence-corrected chi connectivity index (χ2v) is 7.44. The molecule has 1 atom stereocenters. The average molecular weight is 414 g/mol. The number of hydrogen-bond acceptors (Lipinski definition) is 3. The normalized spacial score (nSPS) is 11.9. The van der Waals surface area contributed by atoms with Gasteiger partial charge in [-0.15, -0.1) is 11.8 Å². The van der Waals surface area contributed by atoms with E-state index in [1.807, 2.05) is 12.1 Å². The van der Waals surface area contributed by atoms with Crippen molar-refractivity contribution in [3.63, 3.8) is 0 Å². The molecule has 2 aromatic carbocycles. The average Bonchev–Trinajstić information content (AvgIpc) is 2.53. The summed E-state index contributed by atoms with van der Waals surface area (Å²) in [5.74, 6) is -0.634. The Labute approximate surface area is 152 Å².